The number of thiophene rings is 1. The molecule has 7 aromatic carbocycles. The Hall–Kier alpha value is -5.42. The minimum absolute atomic E-state index is 1.20. The molecule has 0 aliphatic carbocycles. The van der Waals surface area contributed by atoms with Crippen LogP contribution in [0.2, 0.25) is 13.1 Å². The average Bonchev–Trinajstić information content (AvgIpc) is 3.67. The molecule has 1 aliphatic rings. The molecular weight excluding hydrogens is 617 g/mol. The van der Waals surface area contributed by atoms with Gasteiger partial charge in [-0.3, -0.25) is 0 Å². The molecule has 0 radical (unpaired) electrons. The number of aromatic nitrogens is 1. The zero-order valence-corrected chi connectivity index (χ0v) is 28.6. The molecule has 2 aromatic heterocycles. The summed E-state index contributed by atoms with van der Waals surface area (Å²) in [6, 6.07) is 58.6. The third-order valence-electron chi connectivity index (χ3n) is 10.4. The van der Waals surface area contributed by atoms with Gasteiger partial charge >= 0.3 is 0 Å². The van der Waals surface area contributed by atoms with E-state index in [4.69, 9.17) is 0 Å². The number of hydrogen-bond donors (Lipinski definition) is 0. The van der Waals surface area contributed by atoms with Crippen molar-refractivity contribution in [2.45, 2.75) is 13.1 Å². The topological polar surface area (TPSA) is 8.17 Å². The van der Waals surface area contributed by atoms with Crippen LogP contribution in [0.3, 0.4) is 0 Å². The lowest BCUT2D eigenvalue weighted by molar-refractivity contribution is 1.19. The molecule has 0 fully saturated rings. The van der Waals surface area contributed by atoms with Gasteiger partial charge in [-0.2, -0.15) is 0 Å². The van der Waals surface area contributed by atoms with E-state index < -0.39 is 8.07 Å². The maximum atomic E-state index is 2.50. The average molecular weight is 649 g/mol. The van der Waals surface area contributed by atoms with E-state index in [1.807, 2.05) is 11.3 Å². The number of rotatable bonds is 3. The molecule has 0 amide bonds. The largest absolute Gasteiger partial charge is 0.311 e. The minimum Gasteiger partial charge on any atom is -0.311 e. The number of benzene rings is 7. The number of nitrogens with zero attached hydrogens (tertiary/aromatic N) is 2. The first-order valence-electron chi connectivity index (χ1n) is 16.6. The molecule has 228 valence electrons. The summed E-state index contributed by atoms with van der Waals surface area (Å²) in [4.78, 5) is 2.46. The lowest BCUT2D eigenvalue weighted by Crippen LogP contribution is -2.58. The van der Waals surface area contributed by atoms with Crippen LogP contribution in [0.15, 0.2) is 158 Å². The Kier molecular flexibility index (Phi) is 5.93. The first-order chi connectivity index (χ1) is 23.6. The Morgan fingerprint density at radius 1 is 0.438 bits per heavy atom. The van der Waals surface area contributed by atoms with Crippen LogP contribution in [-0.2, 0) is 0 Å². The third-order valence-corrected chi connectivity index (χ3v) is 15.0. The molecule has 0 spiro atoms. The van der Waals surface area contributed by atoms with Crippen molar-refractivity contribution in [3.05, 3.63) is 158 Å². The number of hydrogen-bond acceptors (Lipinski definition) is 2. The highest BCUT2D eigenvalue weighted by Gasteiger charge is 2.38. The molecule has 0 saturated carbocycles. The molecule has 0 unspecified atom stereocenters. The van der Waals surface area contributed by atoms with E-state index in [-0.39, 0.29) is 0 Å². The van der Waals surface area contributed by atoms with Gasteiger partial charge in [0.15, 0.2) is 0 Å². The standard InChI is InChI=1S/C44H32N2SSi/c1-48(2)43-19-11-9-17-39(43)45(31-12-4-3-5-13-31)40-24-21-30(27-44(40)48)29-20-23-38-35(26-29)33-14-6-8-16-37(33)46(38)32-22-25-42-36(28-32)34-15-7-10-18-41(34)47-42/h3-28H,1-2H3. The smallest absolute Gasteiger partial charge is 0.117 e. The molecule has 2 nitrogen and oxygen atoms in total. The molecule has 1 aliphatic heterocycles. The number of anilines is 3. The zero-order chi connectivity index (χ0) is 32.0. The highest BCUT2D eigenvalue weighted by molar-refractivity contribution is 7.25. The second-order valence-corrected chi connectivity index (χ2v) is 18.8. The second-order valence-electron chi connectivity index (χ2n) is 13.4. The lowest BCUT2D eigenvalue weighted by atomic mass is 10.0. The third kappa shape index (κ3) is 3.97. The van der Waals surface area contributed by atoms with E-state index in [1.54, 1.807) is 0 Å². The van der Waals surface area contributed by atoms with Crippen LogP contribution in [0.25, 0.3) is 58.8 Å². The maximum Gasteiger partial charge on any atom is 0.117 e. The first kappa shape index (κ1) is 27.7. The van der Waals surface area contributed by atoms with Gasteiger partial charge in [0.1, 0.15) is 8.07 Å². The summed E-state index contributed by atoms with van der Waals surface area (Å²) in [5, 5.41) is 8.16. The predicted octanol–water partition coefficient (Wildman–Crippen LogP) is 11.4. The SMILES string of the molecule is C[Si]1(C)c2ccccc2N(c2ccccc2)c2ccc(-c3ccc4c(c3)c3ccccc3n4-c3ccc4sc5ccccc5c4c3)cc21. The fourth-order valence-corrected chi connectivity index (χ4v) is 12.1. The van der Waals surface area contributed by atoms with Gasteiger partial charge in [-0.1, -0.05) is 104 Å². The molecule has 0 saturated heterocycles. The van der Waals surface area contributed by atoms with Crippen molar-refractivity contribution in [3.8, 4) is 16.8 Å². The van der Waals surface area contributed by atoms with Crippen molar-refractivity contribution in [2.75, 3.05) is 4.90 Å². The van der Waals surface area contributed by atoms with E-state index in [0.717, 1.165) is 0 Å². The highest BCUT2D eigenvalue weighted by atomic mass is 32.1. The number of fused-ring (bicyclic) bond motifs is 8. The van der Waals surface area contributed by atoms with E-state index >= 15 is 0 Å². The van der Waals surface area contributed by atoms with Gasteiger partial charge in [0.25, 0.3) is 0 Å². The van der Waals surface area contributed by atoms with Crippen molar-refractivity contribution in [3.63, 3.8) is 0 Å². The highest BCUT2D eigenvalue weighted by Crippen LogP contribution is 2.41. The van der Waals surface area contributed by atoms with E-state index in [0.29, 0.717) is 0 Å². The van der Waals surface area contributed by atoms with Crippen LogP contribution in [-0.4, -0.2) is 12.6 Å². The van der Waals surface area contributed by atoms with Gasteiger partial charge in [-0.15, -0.1) is 11.3 Å². The molecule has 4 heteroatoms. The predicted molar refractivity (Wildman–Crippen MR) is 211 cm³/mol. The fraction of sp³-hybridized carbons (Fsp3) is 0.0455. The summed E-state index contributed by atoms with van der Waals surface area (Å²) in [5.74, 6) is 0. The van der Waals surface area contributed by atoms with Crippen molar-refractivity contribution in [2.24, 2.45) is 0 Å². The summed E-state index contributed by atoms with van der Waals surface area (Å²) in [7, 11) is -1.99. The molecule has 0 N–H and O–H groups in total. The Balaban J connectivity index is 1.15. The van der Waals surface area contributed by atoms with Crippen molar-refractivity contribution >= 4 is 88.8 Å². The number of para-hydroxylation sites is 3. The normalized spacial score (nSPS) is 13.8. The van der Waals surface area contributed by atoms with Gasteiger partial charge in [-0.25, -0.2) is 0 Å². The summed E-state index contributed by atoms with van der Waals surface area (Å²) < 4.78 is 5.11. The Morgan fingerprint density at radius 2 is 1.10 bits per heavy atom. The van der Waals surface area contributed by atoms with Gasteiger partial charge in [0.2, 0.25) is 0 Å². The maximum absolute atomic E-state index is 2.50. The fourth-order valence-electron chi connectivity index (χ4n) is 8.02. The molecule has 48 heavy (non-hydrogen) atoms. The monoisotopic (exact) mass is 648 g/mol. The van der Waals surface area contributed by atoms with Crippen LogP contribution < -0.4 is 15.3 Å². The molecule has 0 bridgehead atoms. The van der Waals surface area contributed by atoms with Crippen molar-refractivity contribution in [1.29, 1.82) is 0 Å². The molecule has 9 aromatic rings. The molecule has 0 atom stereocenters. The Morgan fingerprint density at radius 3 is 2.00 bits per heavy atom. The zero-order valence-electron chi connectivity index (χ0n) is 26.8. The minimum atomic E-state index is -1.99. The summed E-state index contributed by atoms with van der Waals surface area (Å²) >= 11 is 1.87. The van der Waals surface area contributed by atoms with Crippen molar-refractivity contribution in [1.82, 2.24) is 4.57 Å². The summed E-state index contributed by atoms with van der Waals surface area (Å²) in [5.41, 5.74) is 10.00. The quantitative estimate of drug-likeness (QED) is 0.173. The Bertz CT molecular complexity index is 2720. The molecule has 3 heterocycles. The van der Waals surface area contributed by atoms with E-state index in [9.17, 15) is 0 Å². The van der Waals surface area contributed by atoms with Crippen LogP contribution in [0, 0.1) is 0 Å². The van der Waals surface area contributed by atoms with Gasteiger partial charge in [0, 0.05) is 53.7 Å². The lowest BCUT2D eigenvalue weighted by Gasteiger charge is -2.41. The van der Waals surface area contributed by atoms with Crippen LogP contribution in [0.1, 0.15) is 0 Å². The second kappa shape index (κ2) is 10.3. The van der Waals surface area contributed by atoms with Gasteiger partial charge < -0.3 is 9.47 Å². The van der Waals surface area contributed by atoms with Crippen LogP contribution in [0.4, 0.5) is 17.1 Å². The van der Waals surface area contributed by atoms with Crippen LogP contribution >= 0.6 is 11.3 Å². The van der Waals surface area contributed by atoms with E-state index in [2.05, 4.69) is 180 Å². The summed E-state index contributed by atoms with van der Waals surface area (Å²) in [6.07, 6.45) is 0. The van der Waals surface area contributed by atoms with Gasteiger partial charge in [-0.05, 0) is 88.2 Å². The van der Waals surface area contributed by atoms with Gasteiger partial charge in [0.05, 0.1) is 11.0 Å². The van der Waals surface area contributed by atoms with Crippen LogP contribution in [0.5, 0.6) is 0 Å². The molecular formula is C44H32N2SSi. The molecule has 10 rings (SSSR count). The first-order valence-corrected chi connectivity index (χ1v) is 20.4. The summed E-state index contributed by atoms with van der Waals surface area (Å²) in [6.45, 7) is 5.00. The van der Waals surface area contributed by atoms with Crippen molar-refractivity contribution < 1.29 is 0 Å². The Labute approximate surface area is 284 Å². The van der Waals surface area contributed by atoms with E-state index in [1.165, 1.54) is 86.2 Å².